The fourth-order valence-electron chi connectivity index (χ4n) is 6.34. The van der Waals surface area contributed by atoms with Crippen molar-refractivity contribution in [1.29, 1.82) is 0 Å². The maximum Gasteiger partial charge on any atom is 0.421 e. The largest absolute Gasteiger partial charge is 0.493 e. The normalized spacial score (nSPS) is 14.0. The van der Waals surface area contributed by atoms with Crippen LogP contribution < -0.4 is 29.2 Å². The van der Waals surface area contributed by atoms with E-state index >= 15 is 0 Å². The van der Waals surface area contributed by atoms with Gasteiger partial charge in [0.15, 0.2) is 11.5 Å². The van der Waals surface area contributed by atoms with Crippen LogP contribution >= 0.6 is 0 Å². The number of benzene rings is 3. The van der Waals surface area contributed by atoms with Crippen LogP contribution in [0.25, 0.3) is 0 Å². The van der Waals surface area contributed by atoms with E-state index in [-0.39, 0.29) is 23.6 Å². The minimum atomic E-state index is -5.10. The van der Waals surface area contributed by atoms with Crippen molar-refractivity contribution in [1.82, 2.24) is 19.8 Å². The monoisotopic (exact) mass is 790 g/mol. The minimum absolute atomic E-state index is 0.0204. The number of methoxy groups -OCH3 is 2. The molecule has 0 bridgehead atoms. The Morgan fingerprint density at radius 2 is 1.46 bits per heavy atom. The number of nitrogens with zero attached hydrogens (tertiary/aromatic N) is 5. The van der Waals surface area contributed by atoms with E-state index in [1.165, 1.54) is 26.5 Å². The lowest BCUT2D eigenvalue weighted by Gasteiger charge is -2.32. The van der Waals surface area contributed by atoms with Crippen molar-refractivity contribution in [3.05, 3.63) is 88.1 Å². The van der Waals surface area contributed by atoms with Crippen LogP contribution in [0.2, 0.25) is 0 Å². The van der Waals surface area contributed by atoms with Crippen molar-refractivity contribution in [2.75, 3.05) is 70.8 Å². The molecule has 302 valence electrons. The van der Waals surface area contributed by atoms with Gasteiger partial charge >= 0.3 is 18.4 Å². The van der Waals surface area contributed by atoms with E-state index in [0.717, 1.165) is 49.6 Å². The molecular weight excluding hydrogens is 746 g/mol. The number of aryl methyl sites for hydroxylation is 3. The number of aromatic nitrogens is 2. The number of piperazine rings is 1. The average molecular weight is 791 g/mol. The lowest BCUT2D eigenvalue weighted by Crippen LogP contribution is -2.44. The molecule has 11 nitrogen and oxygen atoms in total. The molecule has 1 fully saturated rings. The summed E-state index contributed by atoms with van der Waals surface area (Å²) in [7, 11) is 5.02. The first-order chi connectivity index (χ1) is 26.4. The van der Waals surface area contributed by atoms with E-state index in [2.05, 4.69) is 32.1 Å². The van der Waals surface area contributed by atoms with Gasteiger partial charge in [0, 0.05) is 56.7 Å². The Morgan fingerprint density at radius 3 is 2.05 bits per heavy atom. The lowest BCUT2D eigenvalue weighted by atomic mass is 10.0. The highest BCUT2D eigenvalue weighted by Crippen LogP contribution is 2.41. The van der Waals surface area contributed by atoms with Crippen molar-refractivity contribution < 1.29 is 50.1 Å². The second-order valence-corrected chi connectivity index (χ2v) is 13.5. The average Bonchev–Trinajstić information content (AvgIpc) is 3.13. The second kappa shape index (κ2) is 17.7. The topological polar surface area (TPSA) is 102 Å². The SMILES string of the molecule is COc1cc(Nc2nccc(N(Cc3cc(C(F)(F)F)cc(C(F)(F)F)c3)C(=O)Oc3c(C)cc(C)cc3C)n2)cc(OCCCN2CCN(C)CC2)c1OC. The number of carbonyl (C=O) groups is 1. The van der Waals surface area contributed by atoms with Crippen LogP contribution in [0.1, 0.15) is 39.8 Å². The fourth-order valence-corrected chi connectivity index (χ4v) is 6.34. The van der Waals surface area contributed by atoms with E-state index in [4.69, 9.17) is 18.9 Å². The van der Waals surface area contributed by atoms with Crippen molar-refractivity contribution >= 4 is 23.5 Å². The molecule has 0 atom stereocenters. The van der Waals surface area contributed by atoms with Gasteiger partial charge in [-0.3, -0.25) is 4.90 Å². The number of likely N-dealkylation sites (N-methyl/N-ethyl adjacent to an activating group) is 1. The number of hydrogen-bond acceptors (Lipinski definition) is 10. The number of ether oxygens (including phenoxy) is 4. The van der Waals surface area contributed by atoms with Gasteiger partial charge in [-0.25, -0.2) is 9.78 Å². The molecule has 1 amide bonds. The fraction of sp³-hybridized carbons (Fsp3) is 0.410. The summed E-state index contributed by atoms with van der Waals surface area (Å²) in [6.07, 6.45) is -9.28. The third-order valence-corrected chi connectivity index (χ3v) is 9.09. The molecule has 3 aromatic carbocycles. The molecule has 17 heteroatoms. The van der Waals surface area contributed by atoms with Crippen LogP contribution in [-0.4, -0.2) is 86.5 Å². The zero-order valence-corrected chi connectivity index (χ0v) is 31.9. The Morgan fingerprint density at radius 1 is 0.839 bits per heavy atom. The zero-order valence-electron chi connectivity index (χ0n) is 31.9. The van der Waals surface area contributed by atoms with E-state index in [1.807, 2.05) is 6.92 Å². The standard InChI is InChI=1S/C39H44F6N6O5/c1-24-16-25(2)34(26(3)17-24)56-37(52)51(23-27-18-28(38(40,41)42)20-29(19-27)39(43,44)45)33-8-9-46-36(48-33)47-30-21-31(53-5)35(54-6)32(22-30)55-15-7-10-50-13-11-49(4)12-14-50/h8-9,16-22H,7,10-15,23H2,1-6H3,(H,46,47,48). The number of halogens is 6. The Balaban J connectivity index is 1.46. The number of amides is 1. The molecule has 1 aliphatic rings. The molecule has 1 aliphatic heterocycles. The third-order valence-electron chi connectivity index (χ3n) is 9.09. The van der Waals surface area contributed by atoms with E-state index in [0.29, 0.717) is 52.8 Å². The highest BCUT2D eigenvalue weighted by Gasteiger charge is 2.37. The summed E-state index contributed by atoms with van der Waals surface area (Å²) in [6, 6.07) is 9.18. The number of alkyl halides is 6. The lowest BCUT2D eigenvalue weighted by molar-refractivity contribution is -0.143. The number of hydrogen-bond donors (Lipinski definition) is 1. The molecule has 0 aliphatic carbocycles. The van der Waals surface area contributed by atoms with Crippen molar-refractivity contribution in [3.8, 4) is 23.0 Å². The van der Waals surface area contributed by atoms with Gasteiger partial charge in [-0.05, 0) is 75.2 Å². The number of anilines is 3. The van der Waals surface area contributed by atoms with Crippen molar-refractivity contribution in [2.24, 2.45) is 0 Å². The third kappa shape index (κ3) is 10.7. The Kier molecular flexibility index (Phi) is 13.2. The number of nitrogens with one attached hydrogen (secondary N) is 1. The summed E-state index contributed by atoms with van der Waals surface area (Å²) >= 11 is 0. The molecule has 0 spiro atoms. The molecular formula is C39H44F6N6O5. The molecule has 5 rings (SSSR count). The molecule has 1 N–H and O–H groups in total. The summed E-state index contributed by atoms with van der Waals surface area (Å²) in [5.74, 6) is 0.962. The van der Waals surface area contributed by atoms with Gasteiger partial charge in [-0.15, -0.1) is 0 Å². The van der Waals surface area contributed by atoms with E-state index in [9.17, 15) is 31.1 Å². The highest BCUT2D eigenvalue weighted by atomic mass is 19.4. The van der Waals surface area contributed by atoms with Crippen molar-refractivity contribution in [3.63, 3.8) is 0 Å². The maximum absolute atomic E-state index is 13.9. The van der Waals surface area contributed by atoms with E-state index in [1.54, 1.807) is 38.1 Å². The number of rotatable bonds is 13. The van der Waals surface area contributed by atoms with Gasteiger partial charge in [0.1, 0.15) is 11.6 Å². The number of carbonyl (C=O) groups excluding carboxylic acids is 1. The molecule has 0 unspecified atom stereocenters. The molecule has 1 saturated heterocycles. The quantitative estimate of drug-likeness (QED) is 0.105. The zero-order chi connectivity index (χ0) is 40.8. The molecule has 0 radical (unpaired) electrons. The molecule has 0 saturated carbocycles. The van der Waals surface area contributed by atoms with Crippen LogP contribution in [0.5, 0.6) is 23.0 Å². The van der Waals surface area contributed by atoms with Crippen LogP contribution in [0, 0.1) is 20.8 Å². The first kappa shape index (κ1) is 41.9. The second-order valence-electron chi connectivity index (χ2n) is 13.5. The van der Waals surface area contributed by atoms with Gasteiger partial charge in [-0.1, -0.05) is 17.7 Å². The molecule has 1 aromatic heterocycles. The summed E-state index contributed by atoms with van der Waals surface area (Å²) in [4.78, 5) is 28.1. The van der Waals surface area contributed by atoms with Crippen LogP contribution in [0.15, 0.2) is 54.7 Å². The first-order valence-electron chi connectivity index (χ1n) is 17.7. The van der Waals surface area contributed by atoms with Gasteiger partial charge in [0.25, 0.3) is 0 Å². The van der Waals surface area contributed by atoms with Crippen molar-refractivity contribution in [2.45, 2.75) is 46.1 Å². The maximum atomic E-state index is 13.9. The highest BCUT2D eigenvalue weighted by molar-refractivity contribution is 5.88. The summed E-state index contributed by atoms with van der Waals surface area (Å²) in [5, 5.41) is 3.02. The van der Waals surface area contributed by atoms with Crippen LogP contribution in [0.4, 0.5) is 48.6 Å². The molecule has 4 aromatic rings. The van der Waals surface area contributed by atoms with Gasteiger partial charge < -0.3 is 34.1 Å². The van der Waals surface area contributed by atoms with Gasteiger partial charge in [-0.2, -0.15) is 31.3 Å². The van der Waals surface area contributed by atoms with E-state index < -0.39 is 41.7 Å². The Bertz CT molecular complexity index is 1950. The van der Waals surface area contributed by atoms with Gasteiger partial charge in [0.2, 0.25) is 11.7 Å². The molecule has 56 heavy (non-hydrogen) atoms. The summed E-state index contributed by atoms with van der Waals surface area (Å²) < 4.78 is 106. The predicted octanol–water partition coefficient (Wildman–Crippen LogP) is 8.42. The first-order valence-corrected chi connectivity index (χ1v) is 17.7. The Labute approximate surface area is 321 Å². The van der Waals surface area contributed by atoms with Crippen LogP contribution in [0.3, 0.4) is 0 Å². The minimum Gasteiger partial charge on any atom is -0.493 e. The van der Waals surface area contributed by atoms with Crippen LogP contribution in [-0.2, 0) is 18.9 Å². The predicted molar refractivity (Wildman–Crippen MR) is 198 cm³/mol. The molecule has 2 heterocycles. The summed E-state index contributed by atoms with van der Waals surface area (Å²) in [6.45, 7) is 9.67. The van der Waals surface area contributed by atoms with Gasteiger partial charge in [0.05, 0.1) is 38.5 Å². The Hall–Kier alpha value is -5.29. The summed E-state index contributed by atoms with van der Waals surface area (Å²) in [5.41, 5.74) is -1.07. The smallest absolute Gasteiger partial charge is 0.421 e.